The first kappa shape index (κ1) is 21.6. The number of aromatic nitrogens is 4. The van der Waals surface area contributed by atoms with Crippen LogP contribution in [-0.2, 0) is 6.42 Å². The van der Waals surface area contributed by atoms with Gasteiger partial charge in [-0.15, -0.1) is 13.2 Å². The van der Waals surface area contributed by atoms with E-state index in [-0.39, 0.29) is 5.75 Å². The maximum absolute atomic E-state index is 12.6. The summed E-state index contributed by atoms with van der Waals surface area (Å²) in [5, 5.41) is 0.977. The van der Waals surface area contributed by atoms with Gasteiger partial charge in [-0.1, -0.05) is 30.3 Å². The van der Waals surface area contributed by atoms with Crippen LogP contribution in [0.5, 0.6) is 5.75 Å². The Morgan fingerprint density at radius 2 is 1.76 bits per heavy atom. The van der Waals surface area contributed by atoms with Gasteiger partial charge < -0.3 is 9.72 Å². The van der Waals surface area contributed by atoms with Gasteiger partial charge in [0, 0.05) is 29.3 Å². The fourth-order valence-electron chi connectivity index (χ4n) is 3.85. The number of nitrogens with zero attached hydrogens (tertiary/aromatic N) is 3. The molecule has 170 valence electrons. The topological polar surface area (TPSA) is 63.7 Å². The van der Waals surface area contributed by atoms with Gasteiger partial charge in [0.25, 0.3) is 0 Å². The zero-order valence-electron chi connectivity index (χ0n) is 18.1. The van der Waals surface area contributed by atoms with Crippen molar-refractivity contribution in [2.45, 2.75) is 19.7 Å². The normalized spacial score (nSPS) is 11.6. The highest BCUT2D eigenvalue weighted by Crippen LogP contribution is 2.32. The Morgan fingerprint density at radius 3 is 2.59 bits per heavy atom. The van der Waals surface area contributed by atoms with Crippen molar-refractivity contribution in [3.63, 3.8) is 0 Å². The summed E-state index contributed by atoms with van der Waals surface area (Å²) in [6.45, 7) is 1.91. The number of halogens is 3. The van der Waals surface area contributed by atoms with Gasteiger partial charge in [0.1, 0.15) is 11.6 Å². The fourth-order valence-corrected chi connectivity index (χ4v) is 3.85. The Balaban J connectivity index is 1.56. The number of pyridine rings is 2. The van der Waals surface area contributed by atoms with Gasteiger partial charge in [-0.05, 0) is 55.0 Å². The number of aryl methyl sites for hydroxylation is 1. The van der Waals surface area contributed by atoms with E-state index in [4.69, 9.17) is 4.98 Å². The molecule has 5 rings (SSSR count). The fraction of sp³-hybridized carbons (Fsp3) is 0.115. The molecule has 3 heterocycles. The van der Waals surface area contributed by atoms with E-state index in [0.29, 0.717) is 23.5 Å². The molecule has 5 aromatic rings. The highest BCUT2D eigenvalue weighted by Gasteiger charge is 2.31. The summed E-state index contributed by atoms with van der Waals surface area (Å²) in [5.74, 6) is 0.336. The summed E-state index contributed by atoms with van der Waals surface area (Å²) < 4.78 is 41.9. The molecular formula is C26H19F3N4O. The number of alkyl halides is 3. The zero-order chi connectivity index (χ0) is 23.7. The number of imidazole rings is 1. The van der Waals surface area contributed by atoms with E-state index in [9.17, 15) is 13.2 Å². The first-order valence-corrected chi connectivity index (χ1v) is 10.6. The summed E-state index contributed by atoms with van der Waals surface area (Å²) in [5.41, 5.74) is 5.43. The third-order valence-electron chi connectivity index (χ3n) is 5.28. The number of H-pyrrole nitrogens is 1. The van der Waals surface area contributed by atoms with E-state index in [1.165, 1.54) is 18.2 Å². The van der Waals surface area contributed by atoms with Crippen LogP contribution in [0.15, 0.2) is 79.0 Å². The smallest absolute Gasteiger partial charge is 0.406 e. The van der Waals surface area contributed by atoms with Crippen LogP contribution in [0.1, 0.15) is 17.1 Å². The minimum atomic E-state index is -4.74. The van der Waals surface area contributed by atoms with Crippen LogP contribution in [0, 0.1) is 6.92 Å². The van der Waals surface area contributed by atoms with Gasteiger partial charge in [0.2, 0.25) is 0 Å². The second-order valence-electron chi connectivity index (χ2n) is 7.85. The van der Waals surface area contributed by atoms with Gasteiger partial charge in [-0.25, -0.2) is 4.98 Å². The number of benzene rings is 2. The lowest BCUT2D eigenvalue weighted by Crippen LogP contribution is -2.17. The predicted octanol–water partition coefficient (Wildman–Crippen LogP) is 6.48. The van der Waals surface area contributed by atoms with E-state index in [0.717, 1.165) is 33.5 Å². The molecule has 3 aromatic heterocycles. The van der Waals surface area contributed by atoms with Crippen molar-refractivity contribution < 1.29 is 17.9 Å². The number of hydrogen-bond donors (Lipinski definition) is 1. The molecule has 0 spiro atoms. The molecule has 0 atom stereocenters. The zero-order valence-corrected chi connectivity index (χ0v) is 18.1. The highest BCUT2D eigenvalue weighted by atomic mass is 19.4. The molecule has 5 nitrogen and oxygen atoms in total. The molecule has 0 unspecified atom stereocenters. The second-order valence-corrected chi connectivity index (χ2v) is 7.85. The highest BCUT2D eigenvalue weighted by molar-refractivity contribution is 5.86. The summed E-state index contributed by atoms with van der Waals surface area (Å²) in [6, 6.07) is 21.4. The molecule has 2 aromatic carbocycles. The van der Waals surface area contributed by atoms with Crippen molar-refractivity contribution >= 4 is 10.9 Å². The SMILES string of the molecule is Cc1cccc(-c2[nH]c(Cc3cccc(OC(F)(F)F)c3)nc2-c2ccc3ncccc3c2)n1. The monoisotopic (exact) mass is 460 g/mol. The number of aromatic amines is 1. The first-order valence-electron chi connectivity index (χ1n) is 10.6. The molecule has 0 aliphatic heterocycles. The minimum Gasteiger partial charge on any atom is -0.406 e. The summed E-state index contributed by atoms with van der Waals surface area (Å²) in [4.78, 5) is 17.2. The van der Waals surface area contributed by atoms with Crippen LogP contribution in [0.2, 0.25) is 0 Å². The molecule has 34 heavy (non-hydrogen) atoms. The minimum absolute atomic E-state index is 0.264. The Morgan fingerprint density at radius 1 is 0.912 bits per heavy atom. The molecule has 0 saturated carbocycles. The molecule has 0 amide bonds. The third kappa shape index (κ3) is 4.76. The molecule has 0 saturated heterocycles. The number of fused-ring (bicyclic) bond motifs is 1. The number of hydrogen-bond acceptors (Lipinski definition) is 4. The van der Waals surface area contributed by atoms with Crippen molar-refractivity contribution in [1.82, 2.24) is 19.9 Å². The first-order chi connectivity index (χ1) is 16.3. The van der Waals surface area contributed by atoms with Gasteiger partial charge in [-0.3, -0.25) is 9.97 Å². The molecule has 8 heteroatoms. The molecule has 1 N–H and O–H groups in total. The van der Waals surface area contributed by atoms with Crippen molar-refractivity contribution in [1.29, 1.82) is 0 Å². The van der Waals surface area contributed by atoms with E-state index in [2.05, 4.69) is 19.7 Å². The van der Waals surface area contributed by atoms with Gasteiger partial charge >= 0.3 is 6.36 Å². The van der Waals surface area contributed by atoms with Crippen molar-refractivity contribution in [3.05, 3.63) is 96.1 Å². The van der Waals surface area contributed by atoms with Crippen LogP contribution in [0.3, 0.4) is 0 Å². The second kappa shape index (κ2) is 8.62. The van der Waals surface area contributed by atoms with Crippen molar-refractivity contribution in [2.75, 3.05) is 0 Å². The van der Waals surface area contributed by atoms with E-state index >= 15 is 0 Å². The van der Waals surface area contributed by atoms with Crippen molar-refractivity contribution in [3.8, 4) is 28.4 Å². The maximum Gasteiger partial charge on any atom is 0.573 e. The van der Waals surface area contributed by atoms with Crippen LogP contribution in [0.4, 0.5) is 13.2 Å². The predicted molar refractivity (Wildman–Crippen MR) is 123 cm³/mol. The average molecular weight is 460 g/mol. The van der Waals surface area contributed by atoms with Gasteiger partial charge in [0.15, 0.2) is 0 Å². The van der Waals surface area contributed by atoms with Crippen LogP contribution < -0.4 is 4.74 Å². The third-order valence-corrected chi connectivity index (χ3v) is 5.28. The Bertz CT molecular complexity index is 1480. The van der Waals surface area contributed by atoms with Crippen LogP contribution >= 0.6 is 0 Å². The standard InChI is InChI=1S/C26H19F3N4O/c1-16-5-2-9-22(31-16)25-24(19-10-11-21-18(15-19)7-4-12-30-21)32-23(33-25)14-17-6-3-8-20(13-17)34-26(27,28)29/h2-13,15H,14H2,1H3,(H,32,33). The molecule has 0 aliphatic carbocycles. The Hall–Kier alpha value is -4.20. The van der Waals surface area contributed by atoms with Crippen molar-refractivity contribution in [2.24, 2.45) is 0 Å². The molecule has 0 radical (unpaired) electrons. The summed E-state index contributed by atoms with van der Waals surface area (Å²) in [6.07, 6.45) is -2.71. The van der Waals surface area contributed by atoms with E-state index in [1.807, 2.05) is 55.5 Å². The lowest BCUT2D eigenvalue weighted by Gasteiger charge is -2.09. The van der Waals surface area contributed by atoms with Crippen LogP contribution in [0.25, 0.3) is 33.5 Å². The number of rotatable bonds is 5. The largest absolute Gasteiger partial charge is 0.573 e. The molecule has 0 fully saturated rings. The summed E-state index contributed by atoms with van der Waals surface area (Å²) in [7, 11) is 0. The van der Waals surface area contributed by atoms with E-state index in [1.54, 1.807) is 12.3 Å². The Kier molecular flexibility index (Phi) is 5.49. The summed E-state index contributed by atoms with van der Waals surface area (Å²) >= 11 is 0. The Labute approximate surface area is 193 Å². The lowest BCUT2D eigenvalue weighted by molar-refractivity contribution is -0.274. The molecular weight excluding hydrogens is 441 g/mol. The average Bonchev–Trinajstić information content (AvgIpc) is 3.21. The van der Waals surface area contributed by atoms with E-state index < -0.39 is 6.36 Å². The lowest BCUT2D eigenvalue weighted by atomic mass is 10.1. The number of ether oxygens (including phenoxy) is 1. The molecule has 0 bridgehead atoms. The van der Waals surface area contributed by atoms with Crippen LogP contribution in [-0.4, -0.2) is 26.3 Å². The van der Waals surface area contributed by atoms with Gasteiger partial charge in [0.05, 0.1) is 22.6 Å². The van der Waals surface area contributed by atoms with Gasteiger partial charge in [-0.2, -0.15) is 0 Å². The maximum atomic E-state index is 12.6. The quantitative estimate of drug-likeness (QED) is 0.326. The number of nitrogens with one attached hydrogen (secondary N) is 1. The molecule has 0 aliphatic rings.